The first-order valence-electron chi connectivity index (χ1n) is 7.74. The molecule has 1 N–H and O–H groups in total. The molecule has 2 atom stereocenters. The van der Waals surface area contributed by atoms with Crippen molar-refractivity contribution in [2.75, 3.05) is 7.05 Å². The molecule has 3 rings (SSSR count). The molecule has 1 heterocycles. The summed E-state index contributed by atoms with van der Waals surface area (Å²) in [7, 11) is 1.78. The van der Waals surface area contributed by atoms with Crippen molar-refractivity contribution in [1.82, 2.24) is 10.2 Å². The molecule has 1 aliphatic carbocycles. The second-order valence-corrected chi connectivity index (χ2v) is 5.93. The van der Waals surface area contributed by atoms with Crippen molar-refractivity contribution in [3.8, 4) is 0 Å². The number of nitrogens with one attached hydrogen (secondary N) is 1. The number of rotatable bonds is 6. The predicted molar refractivity (Wildman–Crippen MR) is 85.1 cm³/mol. The first-order chi connectivity index (χ1) is 11.1. The van der Waals surface area contributed by atoms with E-state index in [9.17, 15) is 9.59 Å². The summed E-state index contributed by atoms with van der Waals surface area (Å²) >= 11 is 0. The summed E-state index contributed by atoms with van der Waals surface area (Å²) in [5, 5.41) is 2.82. The van der Waals surface area contributed by atoms with Crippen molar-refractivity contribution < 1.29 is 14.0 Å². The van der Waals surface area contributed by atoms with E-state index in [1.807, 2.05) is 36.4 Å². The average Bonchev–Trinajstić information content (AvgIpc) is 3.20. The van der Waals surface area contributed by atoms with Crippen LogP contribution < -0.4 is 5.32 Å². The van der Waals surface area contributed by atoms with Gasteiger partial charge in [-0.2, -0.15) is 0 Å². The van der Waals surface area contributed by atoms with E-state index in [4.69, 9.17) is 4.42 Å². The van der Waals surface area contributed by atoms with Gasteiger partial charge in [0.05, 0.1) is 24.6 Å². The van der Waals surface area contributed by atoms with Gasteiger partial charge in [-0.25, -0.2) is 0 Å². The van der Waals surface area contributed by atoms with Crippen molar-refractivity contribution in [3.05, 3.63) is 60.1 Å². The third-order valence-corrected chi connectivity index (χ3v) is 4.10. The van der Waals surface area contributed by atoms with Gasteiger partial charge in [-0.1, -0.05) is 30.3 Å². The Bertz CT molecular complexity index is 667. The normalized spacial score (nSPS) is 19.2. The highest BCUT2D eigenvalue weighted by Crippen LogP contribution is 2.40. The molecule has 120 valence electrons. The van der Waals surface area contributed by atoms with E-state index in [-0.39, 0.29) is 23.7 Å². The van der Waals surface area contributed by atoms with Gasteiger partial charge in [-0.3, -0.25) is 9.59 Å². The van der Waals surface area contributed by atoms with Crippen LogP contribution >= 0.6 is 0 Å². The SMILES string of the molecule is CN(Cc1ccccc1)C(=O)C1CC1C(=O)NCc1ccco1. The Morgan fingerprint density at radius 3 is 2.65 bits per heavy atom. The van der Waals surface area contributed by atoms with Crippen LogP contribution in [0.1, 0.15) is 17.7 Å². The minimum Gasteiger partial charge on any atom is -0.467 e. The van der Waals surface area contributed by atoms with Gasteiger partial charge in [-0.05, 0) is 24.1 Å². The van der Waals surface area contributed by atoms with Gasteiger partial charge in [0.2, 0.25) is 11.8 Å². The number of nitrogens with zero attached hydrogens (tertiary/aromatic N) is 1. The van der Waals surface area contributed by atoms with Gasteiger partial charge in [0.15, 0.2) is 0 Å². The average molecular weight is 312 g/mol. The van der Waals surface area contributed by atoms with E-state index in [1.165, 1.54) is 0 Å². The smallest absolute Gasteiger partial charge is 0.226 e. The van der Waals surface area contributed by atoms with E-state index in [0.717, 1.165) is 5.56 Å². The maximum atomic E-state index is 12.4. The molecular formula is C18H20N2O3. The van der Waals surface area contributed by atoms with E-state index in [1.54, 1.807) is 24.3 Å². The Morgan fingerprint density at radius 1 is 1.17 bits per heavy atom. The fourth-order valence-corrected chi connectivity index (χ4v) is 2.69. The molecule has 1 fully saturated rings. The number of benzene rings is 1. The van der Waals surface area contributed by atoms with Gasteiger partial charge in [0.1, 0.15) is 5.76 Å². The highest BCUT2D eigenvalue weighted by Gasteiger charge is 2.48. The summed E-state index contributed by atoms with van der Waals surface area (Å²) in [6.07, 6.45) is 2.20. The predicted octanol–water partition coefficient (Wildman–Crippen LogP) is 2.19. The topological polar surface area (TPSA) is 62.6 Å². The lowest BCUT2D eigenvalue weighted by Gasteiger charge is -2.17. The van der Waals surface area contributed by atoms with Gasteiger partial charge in [0, 0.05) is 13.6 Å². The van der Waals surface area contributed by atoms with E-state index >= 15 is 0 Å². The third-order valence-electron chi connectivity index (χ3n) is 4.10. The number of hydrogen-bond donors (Lipinski definition) is 1. The molecular weight excluding hydrogens is 292 g/mol. The zero-order valence-electron chi connectivity index (χ0n) is 13.1. The Labute approximate surface area is 135 Å². The lowest BCUT2D eigenvalue weighted by molar-refractivity contribution is -0.134. The molecule has 2 unspecified atom stereocenters. The van der Waals surface area contributed by atoms with Crippen molar-refractivity contribution in [1.29, 1.82) is 0 Å². The largest absolute Gasteiger partial charge is 0.467 e. The van der Waals surface area contributed by atoms with Gasteiger partial charge in [-0.15, -0.1) is 0 Å². The molecule has 0 radical (unpaired) electrons. The Balaban J connectivity index is 1.47. The molecule has 0 bridgehead atoms. The molecule has 1 aliphatic rings. The lowest BCUT2D eigenvalue weighted by Crippen LogP contribution is -2.31. The standard InChI is InChI=1S/C18H20N2O3/c1-20(12-13-6-3-2-4-7-13)18(22)16-10-15(16)17(21)19-11-14-8-5-9-23-14/h2-9,15-16H,10-12H2,1H3,(H,19,21). The zero-order chi connectivity index (χ0) is 16.2. The minimum absolute atomic E-state index is 0.0343. The minimum atomic E-state index is -0.212. The molecule has 1 saturated carbocycles. The molecule has 2 aromatic rings. The van der Waals surface area contributed by atoms with Crippen LogP contribution in [0.25, 0.3) is 0 Å². The van der Waals surface area contributed by atoms with E-state index < -0.39 is 0 Å². The summed E-state index contributed by atoms with van der Waals surface area (Å²) in [6, 6.07) is 13.4. The van der Waals surface area contributed by atoms with Crippen LogP contribution in [0.5, 0.6) is 0 Å². The highest BCUT2D eigenvalue weighted by molar-refractivity contribution is 5.92. The van der Waals surface area contributed by atoms with Crippen LogP contribution in [0, 0.1) is 11.8 Å². The summed E-state index contributed by atoms with van der Waals surface area (Å²) in [4.78, 5) is 26.2. The highest BCUT2D eigenvalue weighted by atomic mass is 16.3. The van der Waals surface area contributed by atoms with Crippen LogP contribution in [0.2, 0.25) is 0 Å². The summed E-state index contributed by atoms with van der Waals surface area (Å²) in [5.41, 5.74) is 1.09. The molecule has 0 saturated heterocycles. The summed E-state index contributed by atoms with van der Waals surface area (Å²) < 4.78 is 5.17. The zero-order valence-corrected chi connectivity index (χ0v) is 13.1. The van der Waals surface area contributed by atoms with Crippen LogP contribution in [0.15, 0.2) is 53.1 Å². The quantitative estimate of drug-likeness (QED) is 0.889. The second kappa shape index (κ2) is 6.69. The Morgan fingerprint density at radius 2 is 1.96 bits per heavy atom. The first kappa shape index (κ1) is 15.3. The van der Waals surface area contributed by atoms with E-state index in [2.05, 4.69) is 5.32 Å². The molecule has 1 aromatic heterocycles. The summed E-state index contributed by atoms with van der Waals surface area (Å²) in [5.74, 6) is 0.263. The molecule has 2 amide bonds. The number of carbonyl (C=O) groups excluding carboxylic acids is 2. The van der Waals surface area contributed by atoms with Crippen molar-refractivity contribution in [2.45, 2.75) is 19.5 Å². The van der Waals surface area contributed by atoms with Gasteiger partial charge < -0.3 is 14.6 Å². The Hall–Kier alpha value is -2.56. The van der Waals surface area contributed by atoms with Crippen molar-refractivity contribution in [2.24, 2.45) is 11.8 Å². The van der Waals surface area contributed by atoms with Crippen LogP contribution in [-0.2, 0) is 22.7 Å². The lowest BCUT2D eigenvalue weighted by atomic mass is 10.2. The molecule has 5 heteroatoms. The number of carbonyl (C=O) groups is 2. The van der Waals surface area contributed by atoms with Crippen LogP contribution in [0.4, 0.5) is 0 Å². The maximum Gasteiger partial charge on any atom is 0.226 e. The number of hydrogen-bond acceptors (Lipinski definition) is 3. The monoisotopic (exact) mass is 312 g/mol. The van der Waals surface area contributed by atoms with Crippen LogP contribution in [-0.4, -0.2) is 23.8 Å². The molecule has 0 spiro atoms. The van der Waals surface area contributed by atoms with Crippen molar-refractivity contribution >= 4 is 11.8 Å². The molecule has 23 heavy (non-hydrogen) atoms. The fraction of sp³-hybridized carbons (Fsp3) is 0.333. The van der Waals surface area contributed by atoms with Crippen LogP contribution in [0.3, 0.4) is 0 Å². The Kier molecular flexibility index (Phi) is 4.46. The molecule has 0 aliphatic heterocycles. The van der Waals surface area contributed by atoms with Gasteiger partial charge >= 0.3 is 0 Å². The van der Waals surface area contributed by atoms with Crippen molar-refractivity contribution in [3.63, 3.8) is 0 Å². The fourth-order valence-electron chi connectivity index (χ4n) is 2.69. The summed E-state index contributed by atoms with van der Waals surface area (Å²) in [6.45, 7) is 0.931. The molecule has 5 nitrogen and oxygen atoms in total. The third kappa shape index (κ3) is 3.80. The first-order valence-corrected chi connectivity index (χ1v) is 7.74. The molecule has 1 aromatic carbocycles. The number of furan rings is 1. The maximum absolute atomic E-state index is 12.4. The van der Waals surface area contributed by atoms with E-state index in [0.29, 0.717) is 25.3 Å². The second-order valence-electron chi connectivity index (χ2n) is 5.93. The number of amides is 2. The van der Waals surface area contributed by atoms with Gasteiger partial charge in [0.25, 0.3) is 0 Å².